The summed E-state index contributed by atoms with van der Waals surface area (Å²) in [5.74, 6) is 0.544. The van der Waals surface area contributed by atoms with Crippen molar-refractivity contribution in [2.75, 3.05) is 33.4 Å². The lowest BCUT2D eigenvalue weighted by Crippen LogP contribution is -2.27. The molecule has 0 saturated carbocycles. The van der Waals surface area contributed by atoms with Crippen LogP contribution in [0.2, 0.25) is 0 Å². The van der Waals surface area contributed by atoms with Crippen LogP contribution >= 0.6 is 11.3 Å². The molecule has 0 aliphatic carbocycles. The fourth-order valence-electron chi connectivity index (χ4n) is 1.95. The molecule has 0 amide bonds. The topological polar surface area (TPSA) is 43.4 Å². The lowest BCUT2D eigenvalue weighted by Gasteiger charge is -2.16. The largest absolute Gasteiger partial charge is 0.383 e. The molecule has 1 saturated heterocycles. The van der Waals surface area contributed by atoms with Gasteiger partial charge in [0.15, 0.2) is 0 Å². The van der Waals surface area contributed by atoms with Gasteiger partial charge in [0.2, 0.25) is 0 Å². The standard InChI is InChI=1S/C11H18N2O2S/c1-14-6-3-12-8-9-2-5-15-10(9)11-13-4-7-16-11/h4,7,9-10,12H,2-3,5-6,8H2,1H3. The average molecular weight is 242 g/mol. The molecule has 2 atom stereocenters. The van der Waals surface area contributed by atoms with Crippen LogP contribution < -0.4 is 5.32 Å². The van der Waals surface area contributed by atoms with E-state index >= 15 is 0 Å². The molecule has 1 aromatic heterocycles. The first-order valence-corrected chi connectivity index (χ1v) is 6.50. The lowest BCUT2D eigenvalue weighted by atomic mass is 10.0. The zero-order chi connectivity index (χ0) is 11.2. The fraction of sp³-hybridized carbons (Fsp3) is 0.727. The second-order valence-corrected chi connectivity index (χ2v) is 4.83. The van der Waals surface area contributed by atoms with Crippen molar-refractivity contribution >= 4 is 11.3 Å². The minimum atomic E-state index is 0.190. The van der Waals surface area contributed by atoms with Gasteiger partial charge >= 0.3 is 0 Å². The Morgan fingerprint density at radius 1 is 1.69 bits per heavy atom. The Kier molecular flexibility index (Phi) is 4.71. The summed E-state index contributed by atoms with van der Waals surface area (Å²) in [5, 5.41) is 6.51. The first kappa shape index (κ1) is 12.0. The number of hydrogen-bond acceptors (Lipinski definition) is 5. The van der Waals surface area contributed by atoms with Crippen molar-refractivity contribution in [3.63, 3.8) is 0 Å². The molecule has 0 aromatic carbocycles. The Morgan fingerprint density at radius 2 is 2.62 bits per heavy atom. The van der Waals surface area contributed by atoms with Crippen molar-refractivity contribution in [1.29, 1.82) is 0 Å². The predicted molar refractivity (Wildman–Crippen MR) is 63.7 cm³/mol. The summed E-state index contributed by atoms with van der Waals surface area (Å²) < 4.78 is 10.7. The lowest BCUT2D eigenvalue weighted by molar-refractivity contribution is 0.0896. The summed E-state index contributed by atoms with van der Waals surface area (Å²) in [6.45, 7) is 3.49. The first-order valence-electron chi connectivity index (χ1n) is 5.62. The number of nitrogens with one attached hydrogen (secondary N) is 1. The zero-order valence-corrected chi connectivity index (χ0v) is 10.3. The van der Waals surface area contributed by atoms with Gasteiger partial charge in [0, 0.05) is 44.3 Å². The summed E-state index contributed by atoms with van der Waals surface area (Å²) in [6.07, 6.45) is 3.15. The Labute approximate surface area is 100.0 Å². The van der Waals surface area contributed by atoms with Gasteiger partial charge in [-0.15, -0.1) is 11.3 Å². The third-order valence-electron chi connectivity index (χ3n) is 2.80. The van der Waals surface area contributed by atoms with Gasteiger partial charge in [0.25, 0.3) is 0 Å². The quantitative estimate of drug-likeness (QED) is 0.767. The molecule has 0 radical (unpaired) electrons. The van der Waals surface area contributed by atoms with Crippen LogP contribution in [0.25, 0.3) is 0 Å². The molecule has 90 valence electrons. The molecular formula is C11H18N2O2S. The molecule has 1 aliphatic rings. The van der Waals surface area contributed by atoms with Crippen LogP contribution in [0.15, 0.2) is 11.6 Å². The molecule has 2 heterocycles. The third kappa shape index (κ3) is 3.01. The Morgan fingerprint density at radius 3 is 3.38 bits per heavy atom. The second kappa shape index (κ2) is 6.30. The van der Waals surface area contributed by atoms with Crippen molar-refractivity contribution in [1.82, 2.24) is 10.3 Å². The van der Waals surface area contributed by atoms with Gasteiger partial charge in [0.1, 0.15) is 11.1 Å². The molecule has 2 rings (SSSR count). The normalized spacial score (nSPS) is 25.1. The molecule has 1 aromatic rings. The van der Waals surface area contributed by atoms with Crippen LogP contribution in [0.1, 0.15) is 17.5 Å². The van der Waals surface area contributed by atoms with E-state index in [9.17, 15) is 0 Å². The Bertz CT molecular complexity index is 292. The molecule has 16 heavy (non-hydrogen) atoms. The number of rotatable bonds is 6. The van der Waals surface area contributed by atoms with E-state index in [2.05, 4.69) is 10.3 Å². The maximum atomic E-state index is 5.74. The highest BCUT2D eigenvalue weighted by atomic mass is 32.1. The number of aromatic nitrogens is 1. The molecule has 1 N–H and O–H groups in total. The van der Waals surface area contributed by atoms with Gasteiger partial charge in [-0.25, -0.2) is 4.98 Å². The minimum Gasteiger partial charge on any atom is -0.383 e. The van der Waals surface area contributed by atoms with E-state index in [4.69, 9.17) is 9.47 Å². The van der Waals surface area contributed by atoms with Crippen LogP contribution in [0, 0.1) is 5.92 Å². The maximum absolute atomic E-state index is 5.74. The van der Waals surface area contributed by atoms with Gasteiger partial charge in [-0.05, 0) is 6.42 Å². The van der Waals surface area contributed by atoms with E-state index < -0.39 is 0 Å². The van der Waals surface area contributed by atoms with Crippen LogP contribution in [0.5, 0.6) is 0 Å². The number of nitrogens with zero attached hydrogens (tertiary/aromatic N) is 1. The summed E-state index contributed by atoms with van der Waals surface area (Å²) >= 11 is 1.68. The van der Waals surface area contributed by atoms with Crippen molar-refractivity contribution in [3.8, 4) is 0 Å². The second-order valence-electron chi connectivity index (χ2n) is 3.91. The monoisotopic (exact) mass is 242 g/mol. The van der Waals surface area contributed by atoms with Crippen molar-refractivity contribution < 1.29 is 9.47 Å². The molecule has 1 fully saturated rings. The van der Waals surface area contributed by atoms with Gasteiger partial charge in [-0.2, -0.15) is 0 Å². The van der Waals surface area contributed by atoms with Gasteiger partial charge in [-0.1, -0.05) is 0 Å². The van der Waals surface area contributed by atoms with E-state index in [0.29, 0.717) is 5.92 Å². The summed E-state index contributed by atoms with van der Waals surface area (Å²) in [4.78, 5) is 4.33. The SMILES string of the molecule is COCCNCC1CCOC1c1nccs1. The maximum Gasteiger partial charge on any atom is 0.122 e. The van der Waals surface area contributed by atoms with E-state index in [1.54, 1.807) is 18.4 Å². The summed E-state index contributed by atoms with van der Waals surface area (Å²) in [7, 11) is 1.72. The van der Waals surface area contributed by atoms with E-state index in [-0.39, 0.29) is 6.10 Å². The highest BCUT2D eigenvalue weighted by molar-refractivity contribution is 7.09. The highest BCUT2D eigenvalue weighted by Crippen LogP contribution is 2.34. The predicted octanol–water partition coefficient (Wildman–Crippen LogP) is 1.46. The molecular weight excluding hydrogens is 224 g/mol. The fourth-order valence-corrected chi connectivity index (χ4v) is 2.73. The van der Waals surface area contributed by atoms with E-state index in [1.165, 1.54) is 0 Å². The Hall–Kier alpha value is -0.490. The van der Waals surface area contributed by atoms with E-state index in [1.807, 2.05) is 11.6 Å². The molecule has 0 bridgehead atoms. The van der Waals surface area contributed by atoms with Crippen molar-refractivity contribution in [2.24, 2.45) is 5.92 Å². The van der Waals surface area contributed by atoms with Crippen LogP contribution in [0.4, 0.5) is 0 Å². The molecule has 5 heteroatoms. The summed E-state index contributed by atoms with van der Waals surface area (Å²) in [5.41, 5.74) is 0. The molecule has 4 nitrogen and oxygen atoms in total. The average Bonchev–Trinajstić information content (AvgIpc) is 2.94. The first-order chi connectivity index (χ1) is 7.92. The van der Waals surface area contributed by atoms with E-state index in [0.717, 1.165) is 37.7 Å². The Balaban J connectivity index is 1.80. The smallest absolute Gasteiger partial charge is 0.122 e. The number of thiazole rings is 1. The minimum absolute atomic E-state index is 0.190. The van der Waals surface area contributed by atoms with Gasteiger partial charge in [0.05, 0.1) is 6.61 Å². The number of methoxy groups -OCH3 is 1. The molecule has 0 spiro atoms. The van der Waals surface area contributed by atoms with Crippen molar-refractivity contribution in [3.05, 3.63) is 16.6 Å². The van der Waals surface area contributed by atoms with Crippen LogP contribution in [0.3, 0.4) is 0 Å². The number of hydrogen-bond donors (Lipinski definition) is 1. The highest BCUT2D eigenvalue weighted by Gasteiger charge is 2.30. The molecule has 1 aliphatic heterocycles. The summed E-state index contributed by atoms with van der Waals surface area (Å²) in [6, 6.07) is 0. The van der Waals surface area contributed by atoms with Crippen molar-refractivity contribution in [2.45, 2.75) is 12.5 Å². The molecule has 2 unspecified atom stereocenters. The zero-order valence-electron chi connectivity index (χ0n) is 9.52. The number of ether oxygens (including phenoxy) is 2. The van der Waals surface area contributed by atoms with Crippen LogP contribution in [-0.4, -0.2) is 38.4 Å². The van der Waals surface area contributed by atoms with Gasteiger partial charge in [-0.3, -0.25) is 0 Å². The van der Waals surface area contributed by atoms with Crippen LogP contribution in [-0.2, 0) is 9.47 Å². The third-order valence-corrected chi connectivity index (χ3v) is 3.64. The van der Waals surface area contributed by atoms with Gasteiger partial charge < -0.3 is 14.8 Å².